The number of anilines is 3. The van der Waals surface area contributed by atoms with Gasteiger partial charge >= 0.3 is 5.97 Å². The molecule has 7 nitrogen and oxygen atoms in total. The molecule has 0 radical (unpaired) electrons. The molecule has 1 heterocycles. The zero-order valence-corrected chi connectivity index (χ0v) is 14.4. The number of hydrogen-bond donors (Lipinski definition) is 3. The van der Waals surface area contributed by atoms with Crippen LogP contribution in [-0.4, -0.2) is 21.0 Å². The molecule has 0 aliphatic heterocycles. The average molecular weight is 401 g/mol. The molecule has 3 rings (SSSR count). The van der Waals surface area contributed by atoms with Crippen molar-refractivity contribution in [1.82, 2.24) is 9.97 Å². The van der Waals surface area contributed by atoms with Gasteiger partial charge in [-0.05, 0) is 48.5 Å². The van der Waals surface area contributed by atoms with E-state index in [-0.39, 0.29) is 17.1 Å². The van der Waals surface area contributed by atoms with Crippen molar-refractivity contribution in [1.29, 1.82) is 0 Å². The maximum atomic E-state index is 10.9. The number of rotatable bonds is 5. The molecule has 0 spiro atoms. The lowest BCUT2D eigenvalue weighted by atomic mass is 10.2. The van der Waals surface area contributed by atoms with Gasteiger partial charge in [0.2, 0.25) is 5.88 Å². The Morgan fingerprint density at radius 3 is 2.40 bits per heavy atom. The molecular weight excluding hydrogens is 388 g/mol. The van der Waals surface area contributed by atoms with Crippen LogP contribution >= 0.6 is 15.9 Å². The number of nitrogens with two attached hydrogens (primary N) is 1. The third-order valence-corrected chi connectivity index (χ3v) is 3.80. The van der Waals surface area contributed by atoms with Crippen molar-refractivity contribution in [2.24, 2.45) is 0 Å². The first kappa shape index (κ1) is 16.7. The van der Waals surface area contributed by atoms with Crippen LogP contribution in [0.25, 0.3) is 0 Å². The Bertz CT molecular complexity index is 899. The third kappa shape index (κ3) is 4.04. The minimum Gasteiger partial charge on any atom is -0.478 e. The van der Waals surface area contributed by atoms with Gasteiger partial charge in [-0.15, -0.1) is 0 Å². The summed E-state index contributed by atoms with van der Waals surface area (Å²) in [6.07, 6.45) is 1.33. The molecule has 1 aromatic heterocycles. The van der Waals surface area contributed by atoms with Crippen molar-refractivity contribution in [2.45, 2.75) is 0 Å². The van der Waals surface area contributed by atoms with Gasteiger partial charge in [-0.3, -0.25) is 0 Å². The summed E-state index contributed by atoms with van der Waals surface area (Å²) in [7, 11) is 0. The van der Waals surface area contributed by atoms with E-state index >= 15 is 0 Å². The molecular formula is C17H13BrN4O3. The summed E-state index contributed by atoms with van der Waals surface area (Å²) < 4.78 is 6.61. The van der Waals surface area contributed by atoms with Crippen LogP contribution < -0.4 is 15.8 Å². The second-order valence-corrected chi connectivity index (χ2v) is 5.92. The Morgan fingerprint density at radius 2 is 1.76 bits per heavy atom. The van der Waals surface area contributed by atoms with Crippen molar-refractivity contribution in [3.63, 3.8) is 0 Å². The standard InChI is InChI=1S/C17H13BrN4O3/c18-11-3-7-13(8-4-11)25-16-14(19)15(20-9-21-16)22-12-5-1-10(2-6-12)17(23)24/h1-9H,19H2,(H,23,24)(H,20,21,22). The van der Waals surface area contributed by atoms with Crippen LogP contribution in [0.4, 0.5) is 17.2 Å². The van der Waals surface area contributed by atoms with Gasteiger partial charge in [0, 0.05) is 10.2 Å². The Balaban J connectivity index is 1.80. The zero-order chi connectivity index (χ0) is 17.8. The molecule has 0 amide bonds. The number of halogens is 1. The van der Waals surface area contributed by atoms with Gasteiger partial charge in [-0.25, -0.2) is 9.78 Å². The van der Waals surface area contributed by atoms with Crippen molar-refractivity contribution in [2.75, 3.05) is 11.1 Å². The summed E-state index contributed by atoms with van der Waals surface area (Å²) >= 11 is 3.36. The molecule has 4 N–H and O–H groups in total. The summed E-state index contributed by atoms with van der Waals surface area (Å²) in [6.45, 7) is 0. The summed E-state index contributed by atoms with van der Waals surface area (Å²) in [6, 6.07) is 13.5. The Kier molecular flexibility index (Phi) is 4.80. The molecule has 126 valence electrons. The highest BCUT2D eigenvalue weighted by molar-refractivity contribution is 9.10. The fourth-order valence-corrected chi connectivity index (χ4v) is 2.27. The van der Waals surface area contributed by atoms with Gasteiger partial charge in [-0.1, -0.05) is 15.9 Å². The van der Waals surface area contributed by atoms with Gasteiger partial charge in [-0.2, -0.15) is 4.98 Å². The van der Waals surface area contributed by atoms with E-state index in [4.69, 9.17) is 15.6 Å². The smallest absolute Gasteiger partial charge is 0.335 e. The van der Waals surface area contributed by atoms with Crippen LogP contribution in [0.1, 0.15) is 10.4 Å². The van der Waals surface area contributed by atoms with Crippen LogP contribution in [0.3, 0.4) is 0 Å². The molecule has 0 fully saturated rings. The van der Waals surface area contributed by atoms with E-state index in [0.717, 1.165) is 4.47 Å². The number of hydrogen-bond acceptors (Lipinski definition) is 6. The summed E-state index contributed by atoms with van der Waals surface area (Å²) in [4.78, 5) is 19.0. The second-order valence-electron chi connectivity index (χ2n) is 5.00. The molecule has 0 aliphatic rings. The highest BCUT2D eigenvalue weighted by atomic mass is 79.9. The zero-order valence-electron chi connectivity index (χ0n) is 12.8. The maximum Gasteiger partial charge on any atom is 0.335 e. The van der Waals surface area contributed by atoms with Gasteiger partial charge in [0.1, 0.15) is 17.8 Å². The van der Waals surface area contributed by atoms with E-state index in [2.05, 4.69) is 31.2 Å². The molecule has 3 aromatic rings. The normalized spacial score (nSPS) is 10.3. The fourth-order valence-electron chi connectivity index (χ4n) is 2.01. The Labute approximate surface area is 151 Å². The van der Waals surface area contributed by atoms with Gasteiger partial charge in [0.05, 0.1) is 5.56 Å². The second kappa shape index (κ2) is 7.18. The first-order valence-corrected chi connectivity index (χ1v) is 7.96. The van der Waals surface area contributed by atoms with E-state index in [0.29, 0.717) is 17.3 Å². The minimum atomic E-state index is -0.988. The molecule has 0 bridgehead atoms. The van der Waals surface area contributed by atoms with E-state index in [1.807, 2.05) is 12.1 Å². The monoisotopic (exact) mass is 400 g/mol. The minimum absolute atomic E-state index is 0.195. The molecule has 2 aromatic carbocycles. The highest BCUT2D eigenvalue weighted by Crippen LogP contribution is 2.31. The summed E-state index contributed by atoms with van der Waals surface area (Å²) in [5.74, 6) is 0.191. The fraction of sp³-hybridized carbons (Fsp3) is 0. The molecule has 0 atom stereocenters. The predicted octanol–water partition coefficient (Wildman–Crippen LogP) is 4.06. The van der Waals surface area contributed by atoms with Gasteiger partial charge in [0.25, 0.3) is 0 Å². The Morgan fingerprint density at radius 1 is 1.08 bits per heavy atom. The lowest BCUT2D eigenvalue weighted by molar-refractivity contribution is 0.0697. The topological polar surface area (TPSA) is 110 Å². The van der Waals surface area contributed by atoms with E-state index < -0.39 is 5.97 Å². The quantitative estimate of drug-likeness (QED) is 0.591. The molecule has 0 unspecified atom stereocenters. The van der Waals surface area contributed by atoms with Gasteiger partial charge < -0.3 is 20.9 Å². The van der Waals surface area contributed by atoms with Crippen molar-refractivity contribution in [3.8, 4) is 11.6 Å². The number of nitrogens with one attached hydrogen (secondary N) is 1. The Hall–Kier alpha value is -3.13. The van der Waals surface area contributed by atoms with Gasteiger partial charge in [0.15, 0.2) is 5.82 Å². The molecule has 25 heavy (non-hydrogen) atoms. The van der Waals surface area contributed by atoms with Crippen LogP contribution in [0.2, 0.25) is 0 Å². The van der Waals surface area contributed by atoms with Crippen molar-refractivity contribution < 1.29 is 14.6 Å². The predicted molar refractivity (Wildman–Crippen MR) is 97.3 cm³/mol. The SMILES string of the molecule is Nc1c(Nc2ccc(C(=O)O)cc2)ncnc1Oc1ccc(Br)cc1. The largest absolute Gasteiger partial charge is 0.478 e. The van der Waals surface area contributed by atoms with Crippen molar-refractivity contribution in [3.05, 3.63) is 64.9 Å². The molecule has 0 saturated carbocycles. The van der Waals surface area contributed by atoms with Crippen LogP contribution in [0.5, 0.6) is 11.6 Å². The lowest BCUT2D eigenvalue weighted by Gasteiger charge is -2.12. The average Bonchev–Trinajstić information content (AvgIpc) is 2.61. The summed E-state index contributed by atoms with van der Waals surface area (Å²) in [5.41, 5.74) is 7.15. The number of carbonyl (C=O) groups is 1. The van der Waals surface area contributed by atoms with Crippen molar-refractivity contribution >= 4 is 39.1 Å². The number of aromatic nitrogens is 2. The van der Waals surface area contributed by atoms with E-state index in [1.54, 1.807) is 24.3 Å². The number of ether oxygens (including phenoxy) is 1. The third-order valence-electron chi connectivity index (χ3n) is 3.27. The first-order chi connectivity index (χ1) is 12.0. The number of carboxylic acid groups (broad SMARTS) is 1. The summed E-state index contributed by atoms with van der Waals surface area (Å²) in [5, 5.41) is 11.9. The number of nitrogen functional groups attached to an aromatic ring is 1. The molecule has 8 heteroatoms. The first-order valence-electron chi connectivity index (χ1n) is 7.17. The molecule has 0 aliphatic carbocycles. The number of carboxylic acids is 1. The number of benzene rings is 2. The number of nitrogens with zero attached hydrogens (tertiary/aromatic N) is 2. The van der Waals surface area contributed by atoms with Crippen LogP contribution in [-0.2, 0) is 0 Å². The lowest BCUT2D eigenvalue weighted by Crippen LogP contribution is -2.03. The maximum absolute atomic E-state index is 10.9. The van der Waals surface area contributed by atoms with E-state index in [1.165, 1.54) is 18.5 Å². The van der Waals surface area contributed by atoms with E-state index in [9.17, 15) is 4.79 Å². The van der Waals surface area contributed by atoms with Crippen LogP contribution in [0.15, 0.2) is 59.3 Å². The highest BCUT2D eigenvalue weighted by Gasteiger charge is 2.11. The van der Waals surface area contributed by atoms with Crippen LogP contribution in [0, 0.1) is 0 Å². The molecule has 0 saturated heterocycles. The number of aromatic carboxylic acids is 1.